The number of halogens is 3. The van der Waals surface area contributed by atoms with Crippen molar-refractivity contribution in [3.63, 3.8) is 0 Å². The van der Waals surface area contributed by atoms with Gasteiger partial charge in [-0.15, -0.1) is 0 Å². The third-order valence-electron chi connectivity index (χ3n) is 0. The Labute approximate surface area is 46.1 Å². The summed E-state index contributed by atoms with van der Waals surface area (Å²) >= 11 is 0. The Hall–Kier alpha value is 0.660. The zero-order valence-electron chi connectivity index (χ0n) is 2.29. The summed E-state index contributed by atoms with van der Waals surface area (Å²) in [6.45, 7) is -3.67. The third-order valence-corrected chi connectivity index (χ3v) is 0. The predicted octanol–water partition coefficient (Wildman–Crippen LogP) is 0.798. The van der Waals surface area contributed by atoms with Gasteiger partial charge in [-0.3, -0.25) is 0 Å². The van der Waals surface area contributed by atoms with Gasteiger partial charge in [-0.2, -0.15) is 13.2 Å². The molecule has 0 unspecified atom stereocenters. The fourth-order valence-electron chi connectivity index (χ4n) is 0. The van der Waals surface area contributed by atoms with Crippen LogP contribution < -0.4 is 0 Å². The minimum absolute atomic E-state index is 0. The SMILES string of the molecule is FC(F)F.[In+3]. The van der Waals surface area contributed by atoms with E-state index in [1.54, 1.807) is 0 Å². The standard InChI is InChI=1S/CHF3.In/c2-1(3)4;/h1H;/q;+3. The first-order valence-corrected chi connectivity index (χ1v) is 0.655. The molecule has 4 heteroatoms. The van der Waals surface area contributed by atoms with Gasteiger partial charge in [-0.25, -0.2) is 0 Å². The molecule has 0 radical (unpaired) electrons. The molecule has 0 amide bonds. The van der Waals surface area contributed by atoms with Crippen LogP contribution in [0, 0.1) is 0 Å². The van der Waals surface area contributed by atoms with Crippen molar-refractivity contribution in [1.82, 2.24) is 0 Å². The van der Waals surface area contributed by atoms with E-state index in [-0.39, 0.29) is 25.8 Å². The van der Waals surface area contributed by atoms with E-state index in [1.807, 2.05) is 0 Å². The Balaban J connectivity index is 0. The average molecular weight is 185 g/mol. The van der Waals surface area contributed by atoms with E-state index in [1.165, 1.54) is 0 Å². The van der Waals surface area contributed by atoms with Crippen molar-refractivity contribution in [1.29, 1.82) is 0 Å². The van der Waals surface area contributed by atoms with Gasteiger partial charge in [0.15, 0.2) is 0 Å². The first kappa shape index (κ1) is 9.18. The summed E-state index contributed by atoms with van der Waals surface area (Å²) in [5.74, 6) is 0. The monoisotopic (exact) mass is 185 g/mol. The molecule has 0 spiro atoms. The van der Waals surface area contributed by atoms with Crippen LogP contribution in [-0.4, -0.2) is 32.5 Å². The summed E-state index contributed by atoms with van der Waals surface area (Å²) in [5, 5.41) is 0. The van der Waals surface area contributed by atoms with Crippen molar-refractivity contribution in [3.05, 3.63) is 0 Å². The first-order valence-electron chi connectivity index (χ1n) is 0.655. The summed E-state index contributed by atoms with van der Waals surface area (Å²) in [5.41, 5.74) is 0. The van der Waals surface area contributed by atoms with Gasteiger partial charge in [0.2, 0.25) is 0 Å². The minimum Gasteiger partial charge on any atom is -0.174 e. The van der Waals surface area contributed by atoms with Crippen LogP contribution in [0.4, 0.5) is 13.2 Å². The van der Waals surface area contributed by atoms with Crippen molar-refractivity contribution in [2.75, 3.05) is 0 Å². The molecule has 0 aliphatic rings. The third kappa shape index (κ3) is 75.7. The number of hydrogen-bond acceptors (Lipinski definition) is 0. The Morgan fingerprint density at radius 3 is 1.00 bits per heavy atom. The quantitative estimate of drug-likeness (QED) is 0.523. The second-order valence-electron chi connectivity index (χ2n) is 0.247. The molecule has 0 aromatic carbocycles. The molecule has 0 aromatic rings. The zero-order valence-corrected chi connectivity index (χ0v) is 5.58. The Kier molecular flexibility index (Phi) is 8.55. The van der Waals surface area contributed by atoms with Crippen LogP contribution in [0.2, 0.25) is 0 Å². The van der Waals surface area contributed by atoms with E-state index in [4.69, 9.17) is 0 Å². The Bertz CT molecular complexity index is 11.6. The summed E-state index contributed by atoms with van der Waals surface area (Å²) in [7, 11) is 0. The van der Waals surface area contributed by atoms with Crippen LogP contribution in [0.1, 0.15) is 0 Å². The molecule has 0 rings (SSSR count). The largest absolute Gasteiger partial charge is 3.00 e. The molecule has 0 saturated carbocycles. The van der Waals surface area contributed by atoms with Gasteiger partial charge in [0.1, 0.15) is 0 Å². The molecule has 0 atom stereocenters. The Morgan fingerprint density at radius 2 is 1.00 bits per heavy atom. The molecule has 5 heavy (non-hydrogen) atoms. The van der Waals surface area contributed by atoms with E-state index in [0.29, 0.717) is 0 Å². The normalized spacial score (nSPS) is 7.20. The summed E-state index contributed by atoms with van der Waals surface area (Å²) < 4.78 is 29.0. The smallest absolute Gasteiger partial charge is 0.174 e. The number of alkyl halides is 3. The first-order chi connectivity index (χ1) is 1.73. The maximum atomic E-state index is 9.67. The zero-order chi connectivity index (χ0) is 3.58. The molecule has 0 N–H and O–H groups in total. The van der Waals surface area contributed by atoms with E-state index < -0.39 is 6.68 Å². The summed E-state index contributed by atoms with van der Waals surface area (Å²) in [6.07, 6.45) is 0. The molecule has 0 aliphatic carbocycles. The van der Waals surface area contributed by atoms with Crippen LogP contribution in [-0.2, 0) is 0 Å². The molecular formula is CHF3In+3. The van der Waals surface area contributed by atoms with E-state index in [0.717, 1.165) is 0 Å². The molecule has 0 fully saturated rings. The van der Waals surface area contributed by atoms with Gasteiger partial charge >= 0.3 is 32.5 Å². The van der Waals surface area contributed by atoms with Crippen LogP contribution in [0.5, 0.6) is 0 Å². The van der Waals surface area contributed by atoms with Crippen LogP contribution >= 0.6 is 0 Å². The van der Waals surface area contributed by atoms with Gasteiger partial charge in [0, 0.05) is 0 Å². The van der Waals surface area contributed by atoms with Crippen molar-refractivity contribution >= 4 is 25.8 Å². The maximum absolute atomic E-state index is 9.67. The van der Waals surface area contributed by atoms with E-state index in [9.17, 15) is 13.2 Å². The average Bonchev–Trinajstić information content (AvgIpc) is 0.811. The minimum atomic E-state index is -3.67. The van der Waals surface area contributed by atoms with Crippen molar-refractivity contribution in [2.45, 2.75) is 6.68 Å². The second kappa shape index (κ2) is 4.66. The topological polar surface area (TPSA) is 0 Å². The number of rotatable bonds is 0. The summed E-state index contributed by atoms with van der Waals surface area (Å²) in [4.78, 5) is 0. The van der Waals surface area contributed by atoms with Crippen LogP contribution in [0.3, 0.4) is 0 Å². The predicted molar refractivity (Wildman–Crippen MR) is 12.9 cm³/mol. The van der Waals surface area contributed by atoms with Crippen molar-refractivity contribution < 1.29 is 13.2 Å². The van der Waals surface area contributed by atoms with E-state index >= 15 is 0 Å². The van der Waals surface area contributed by atoms with Crippen molar-refractivity contribution in [2.24, 2.45) is 0 Å². The van der Waals surface area contributed by atoms with Crippen LogP contribution in [0.15, 0.2) is 0 Å². The molecule has 0 aromatic heterocycles. The van der Waals surface area contributed by atoms with Gasteiger partial charge in [-0.1, -0.05) is 0 Å². The molecule has 0 nitrogen and oxygen atoms in total. The molecule has 0 heterocycles. The molecule has 0 saturated heterocycles. The van der Waals surface area contributed by atoms with Gasteiger partial charge in [0.25, 0.3) is 0 Å². The van der Waals surface area contributed by atoms with Gasteiger partial charge in [-0.05, 0) is 0 Å². The fourth-order valence-corrected chi connectivity index (χ4v) is 0. The summed E-state index contributed by atoms with van der Waals surface area (Å²) in [6, 6.07) is 0. The molecular weight excluding hydrogens is 184 g/mol. The van der Waals surface area contributed by atoms with Gasteiger partial charge in [0.05, 0.1) is 0 Å². The van der Waals surface area contributed by atoms with Crippen molar-refractivity contribution in [3.8, 4) is 0 Å². The molecule has 26 valence electrons. The number of hydrogen-bond donors (Lipinski definition) is 0. The van der Waals surface area contributed by atoms with E-state index in [2.05, 4.69) is 0 Å². The maximum Gasteiger partial charge on any atom is 3.00 e. The molecule has 0 bridgehead atoms. The van der Waals surface area contributed by atoms with Crippen LogP contribution in [0.25, 0.3) is 0 Å². The second-order valence-corrected chi connectivity index (χ2v) is 0.247. The fraction of sp³-hybridized carbons (Fsp3) is 1.00. The Morgan fingerprint density at radius 1 is 1.00 bits per heavy atom. The van der Waals surface area contributed by atoms with Gasteiger partial charge < -0.3 is 0 Å². The molecule has 0 aliphatic heterocycles.